The molecule has 142 valence electrons. The normalized spacial score (nSPS) is 30.8. The summed E-state index contributed by atoms with van der Waals surface area (Å²) < 4.78 is 0. The Kier molecular flexibility index (Phi) is 4.96. The van der Waals surface area contributed by atoms with Gasteiger partial charge in [-0.15, -0.1) is 0 Å². The summed E-state index contributed by atoms with van der Waals surface area (Å²) in [6, 6.07) is 1.82. The van der Waals surface area contributed by atoms with Gasteiger partial charge in [-0.3, -0.25) is 14.5 Å². The van der Waals surface area contributed by atoms with Crippen molar-refractivity contribution >= 4 is 17.8 Å². The van der Waals surface area contributed by atoms with E-state index in [4.69, 9.17) is 0 Å². The summed E-state index contributed by atoms with van der Waals surface area (Å²) in [6.07, 6.45) is 7.66. The molecular formula is C19H28N4O3. The SMILES string of the molecule is CC1CCCCC12NC(=O)N(CC(=O)N(C)C1(C#N)CCCCC1)C2=O. The number of nitrogens with zero attached hydrogens (tertiary/aromatic N) is 3. The highest BCUT2D eigenvalue weighted by Crippen LogP contribution is 2.38. The van der Waals surface area contributed by atoms with Gasteiger partial charge >= 0.3 is 6.03 Å². The van der Waals surface area contributed by atoms with Gasteiger partial charge in [-0.25, -0.2) is 4.79 Å². The summed E-state index contributed by atoms with van der Waals surface area (Å²) in [5.74, 6) is -0.571. The van der Waals surface area contributed by atoms with Crippen LogP contribution >= 0.6 is 0 Å². The maximum absolute atomic E-state index is 13.0. The van der Waals surface area contributed by atoms with Crippen LogP contribution in [-0.4, -0.2) is 52.3 Å². The third-order valence-corrected chi connectivity index (χ3v) is 6.70. The molecule has 1 spiro atoms. The highest BCUT2D eigenvalue weighted by molar-refractivity contribution is 6.09. The number of likely N-dealkylation sites (N-methyl/N-ethyl adjacent to an activating group) is 1. The number of nitrogens with one attached hydrogen (secondary N) is 1. The lowest BCUT2D eigenvalue weighted by Gasteiger charge is -2.39. The number of imide groups is 1. The number of nitriles is 1. The van der Waals surface area contributed by atoms with Crippen molar-refractivity contribution in [2.24, 2.45) is 5.92 Å². The van der Waals surface area contributed by atoms with Crippen molar-refractivity contribution in [3.8, 4) is 6.07 Å². The zero-order valence-electron chi connectivity index (χ0n) is 15.7. The Morgan fingerprint density at radius 2 is 1.88 bits per heavy atom. The molecule has 3 aliphatic rings. The molecule has 7 heteroatoms. The molecule has 1 N–H and O–H groups in total. The molecule has 4 amide bonds. The van der Waals surface area contributed by atoms with E-state index in [0.717, 1.165) is 43.4 Å². The molecule has 0 aromatic heterocycles. The van der Waals surface area contributed by atoms with Crippen LogP contribution < -0.4 is 5.32 Å². The first-order valence-corrected chi connectivity index (χ1v) is 9.68. The van der Waals surface area contributed by atoms with Crippen molar-refractivity contribution in [1.29, 1.82) is 5.26 Å². The Labute approximate surface area is 154 Å². The smallest absolute Gasteiger partial charge is 0.325 e. The van der Waals surface area contributed by atoms with Crippen LogP contribution in [-0.2, 0) is 9.59 Å². The van der Waals surface area contributed by atoms with E-state index in [0.29, 0.717) is 19.3 Å². The maximum atomic E-state index is 13.0. The number of carbonyl (C=O) groups excluding carboxylic acids is 3. The average molecular weight is 360 g/mol. The van der Waals surface area contributed by atoms with Crippen LogP contribution in [0.5, 0.6) is 0 Å². The fourth-order valence-electron chi connectivity index (χ4n) is 4.78. The Hall–Kier alpha value is -2.10. The minimum atomic E-state index is -0.855. The predicted molar refractivity (Wildman–Crippen MR) is 94.8 cm³/mol. The summed E-state index contributed by atoms with van der Waals surface area (Å²) in [7, 11) is 1.62. The zero-order chi connectivity index (χ0) is 18.9. The number of hydrogen-bond donors (Lipinski definition) is 1. The van der Waals surface area contributed by atoms with Crippen LogP contribution in [0.15, 0.2) is 0 Å². The Bertz CT molecular complexity index is 650. The molecule has 2 aliphatic carbocycles. The summed E-state index contributed by atoms with van der Waals surface area (Å²) in [5, 5.41) is 12.5. The van der Waals surface area contributed by atoms with E-state index in [2.05, 4.69) is 11.4 Å². The van der Waals surface area contributed by atoms with Crippen molar-refractivity contribution < 1.29 is 14.4 Å². The maximum Gasteiger partial charge on any atom is 0.325 e. The summed E-state index contributed by atoms with van der Waals surface area (Å²) in [5.41, 5.74) is -1.67. The second-order valence-electron chi connectivity index (χ2n) is 8.10. The highest BCUT2D eigenvalue weighted by atomic mass is 16.2. The van der Waals surface area contributed by atoms with E-state index >= 15 is 0 Å². The van der Waals surface area contributed by atoms with E-state index < -0.39 is 17.1 Å². The van der Waals surface area contributed by atoms with E-state index in [-0.39, 0.29) is 24.3 Å². The van der Waals surface area contributed by atoms with E-state index in [1.54, 1.807) is 7.05 Å². The molecule has 0 aromatic rings. The molecular weight excluding hydrogens is 332 g/mol. The van der Waals surface area contributed by atoms with E-state index in [1.165, 1.54) is 4.90 Å². The van der Waals surface area contributed by atoms with Crippen LogP contribution in [0.4, 0.5) is 4.79 Å². The van der Waals surface area contributed by atoms with Gasteiger partial charge in [0, 0.05) is 7.05 Å². The fourth-order valence-corrected chi connectivity index (χ4v) is 4.78. The number of hydrogen-bond acceptors (Lipinski definition) is 4. The molecule has 2 unspecified atom stereocenters. The molecule has 3 rings (SSSR count). The van der Waals surface area contributed by atoms with Crippen LogP contribution in [0, 0.1) is 17.2 Å². The van der Waals surface area contributed by atoms with Gasteiger partial charge in [-0.2, -0.15) is 5.26 Å². The van der Waals surface area contributed by atoms with Crippen LogP contribution in [0.1, 0.15) is 64.7 Å². The standard InChI is InChI=1S/C19H28N4O3/c1-14-8-4-7-11-19(14)16(25)23(17(26)21-19)12-15(24)22(2)18(13-20)9-5-3-6-10-18/h14H,3-12H2,1-2H3,(H,21,26). The quantitative estimate of drug-likeness (QED) is 0.781. The Morgan fingerprint density at radius 1 is 1.23 bits per heavy atom. The van der Waals surface area contributed by atoms with Gasteiger partial charge in [0.1, 0.15) is 17.6 Å². The van der Waals surface area contributed by atoms with Crippen LogP contribution in [0.25, 0.3) is 0 Å². The summed E-state index contributed by atoms with van der Waals surface area (Å²) in [4.78, 5) is 40.8. The lowest BCUT2D eigenvalue weighted by atomic mass is 9.73. The van der Waals surface area contributed by atoms with Crippen molar-refractivity contribution in [3.63, 3.8) is 0 Å². The number of amides is 4. The second-order valence-corrected chi connectivity index (χ2v) is 8.10. The molecule has 1 saturated heterocycles. The van der Waals surface area contributed by atoms with Gasteiger partial charge in [-0.1, -0.05) is 39.0 Å². The predicted octanol–water partition coefficient (Wildman–Crippen LogP) is 2.17. The van der Waals surface area contributed by atoms with Gasteiger partial charge in [0.15, 0.2) is 0 Å². The summed E-state index contributed by atoms with van der Waals surface area (Å²) in [6.45, 7) is 1.69. The zero-order valence-corrected chi connectivity index (χ0v) is 15.7. The van der Waals surface area contributed by atoms with Crippen LogP contribution in [0.3, 0.4) is 0 Å². The number of rotatable bonds is 3. The van der Waals surface area contributed by atoms with Crippen LogP contribution in [0.2, 0.25) is 0 Å². The molecule has 2 saturated carbocycles. The lowest BCUT2D eigenvalue weighted by molar-refractivity contribution is -0.142. The Morgan fingerprint density at radius 3 is 2.50 bits per heavy atom. The van der Waals surface area contributed by atoms with Crippen molar-refractivity contribution in [3.05, 3.63) is 0 Å². The molecule has 3 fully saturated rings. The number of carbonyl (C=O) groups is 3. The largest absolute Gasteiger partial charge is 0.325 e. The van der Waals surface area contributed by atoms with E-state index in [9.17, 15) is 19.6 Å². The molecule has 0 radical (unpaired) electrons. The topological polar surface area (TPSA) is 93.5 Å². The monoisotopic (exact) mass is 360 g/mol. The van der Waals surface area contributed by atoms with Gasteiger partial charge in [0.25, 0.3) is 5.91 Å². The van der Waals surface area contributed by atoms with Gasteiger partial charge in [0.05, 0.1) is 6.07 Å². The molecule has 26 heavy (non-hydrogen) atoms. The third-order valence-electron chi connectivity index (χ3n) is 6.70. The number of urea groups is 1. The van der Waals surface area contributed by atoms with Crippen molar-refractivity contribution in [1.82, 2.24) is 15.1 Å². The Balaban J connectivity index is 1.74. The minimum absolute atomic E-state index is 0.0642. The molecule has 1 aliphatic heterocycles. The third kappa shape index (κ3) is 2.85. The fraction of sp³-hybridized carbons (Fsp3) is 0.789. The minimum Gasteiger partial charge on any atom is -0.325 e. The molecule has 7 nitrogen and oxygen atoms in total. The van der Waals surface area contributed by atoms with Gasteiger partial charge in [0.2, 0.25) is 5.91 Å². The lowest BCUT2D eigenvalue weighted by Crippen LogP contribution is -2.55. The van der Waals surface area contributed by atoms with E-state index in [1.807, 2.05) is 6.92 Å². The average Bonchev–Trinajstić information content (AvgIpc) is 2.89. The first-order valence-electron chi connectivity index (χ1n) is 9.68. The van der Waals surface area contributed by atoms with Crippen molar-refractivity contribution in [2.45, 2.75) is 75.8 Å². The summed E-state index contributed by atoms with van der Waals surface area (Å²) >= 11 is 0. The molecule has 1 heterocycles. The molecule has 0 bridgehead atoms. The molecule has 2 atom stereocenters. The first-order chi connectivity index (χ1) is 12.4. The van der Waals surface area contributed by atoms with Gasteiger partial charge in [-0.05, 0) is 31.6 Å². The van der Waals surface area contributed by atoms with Gasteiger partial charge < -0.3 is 10.2 Å². The first kappa shape index (κ1) is 18.7. The highest BCUT2D eigenvalue weighted by Gasteiger charge is 2.55. The molecule has 0 aromatic carbocycles. The second kappa shape index (κ2) is 6.90. The van der Waals surface area contributed by atoms with Crippen molar-refractivity contribution in [2.75, 3.05) is 13.6 Å².